The van der Waals surface area contributed by atoms with E-state index in [1.807, 2.05) is 12.5 Å². The standard InChI is InChI=1S/C15H27N3/c1-14(2,3)17-10-13-9-16-11-18(13)12-6-7-15(4,5)8-12/h9,11-12,17H,6-8,10H2,1-5H3. The van der Waals surface area contributed by atoms with Gasteiger partial charge < -0.3 is 9.88 Å². The van der Waals surface area contributed by atoms with Gasteiger partial charge in [0.2, 0.25) is 0 Å². The van der Waals surface area contributed by atoms with Crippen LogP contribution in [-0.4, -0.2) is 15.1 Å². The fourth-order valence-electron chi connectivity index (χ4n) is 2.79. The topological polar surface area (TPSA) is 29.9 Å². The molecule has 102 valence electrons. The summed E-state index contributed by atoms with van der Waals surface area (Å²) < 4.78 is 2.38. The van der Waals surface area contributed by atoms with Crippen LogP contribution in [-0.2, 0) is 6.54 Å². The van der Waals surface area contributed by atoms with Crippen molar-refractivity contribution in [3.63, 3.8) is 0 Å². The molecule has 0 saturated heterocycles. The van der Waals surface area contributed by atoms with E-state index in [2.05, 4.69) is 49.5 Å². The Bertz CT molecular complexity index is 398. The molecule has 1 aliphatic carbocycles. The van der Waals surface area contributed by atoms with Crippen molar-refractivity contribution >= 4 is 0 Å². The maximum absolute atomic E-state index is 4.34. The molecule has 2 rings (SSSR count). The summed E-state index contributed by atoms with van der Waals surface area (Å²) >= 11 is 0. The van der Waals surface area contributed by atoms with Crippen LogP contribution in [0.2, 0.25) is 0 Å². The average molecular weight is 249 g/mol. The smallest absolute Gasteiger partial charge is 0.0951 e. The van der Waals surface area contributed by atoms with Crippen LogP contribution in [0.3, 0.4) is 0 Å². The normalized spacial score (nSPS) is 23.5. The number of nitrogens with zero attached hydrogens (tertiary/aromatic N) is 2. The summed E-state index contributed by atoms with van der Waals surface area (Å²) in [4.78, 5) is 4.34. The molecule has 1 atom stereocenters. The molecule has 0 spiro atoms. The molecule has 1 saturated carbocycles. The maximum Gasteiger partial charge on any atom is 0.0951 e. The SMILES string of the molecule is CC1(C)CCC(n2cncc2CNC(C)(C)C)C1. The van der Waals surface area contributed by atoms with Gasteiger partial charge in [0.15, 0.2) is 0 Å². The molecule has 0 amide bonds. The largest absolute Gasteiger partial charge is 0.330 e. The summed E-state index contributed by atoms with van der Waals surface area (Å²) in [5.41, 5.74) is 1.96. The first kappa shape index (κ1) is 13.6. The average Bonchev–Trinajstić information content (AvgIpc) is 2.79. The lowest BCUT2D eigenvalue weighted by atomic mass is 9.92. The van der Waals surface area contributed by atoms with Crippen molar-refractivity contribution in [2.24, 2.45) is 5.41 Å². The third-order valence-electron chi connectivity index (χ3n) is 3.88. The quantitative estimate of drug-likeness (QED) is 0.888. The molecular formula is C15H27N3. The Hall–Kier alpha value is -0.830. The molecule has 0 radical (unpaired) electrons. The molecule has 0 bridgehead atoms. The zero-order chi connectivity index (χ0) is 13.4. The van der Waals surface area contributed by atoms with Crippen LogP contribution in [0.4, 0.5) is 0 Å². The molecule has 1 aliphatic rings. The first-order valence-corrected chi connectivity index (χ1v) is 7.03. The van der Waals surface area contributed by atoms with E-state index in [1.54, 1.807) is 0 Å². The predicted octanol–water partition coefficient (Wildman–Crippen LogP) is 3.52. The summed E-state index contributed by atoms with van der Waals surface area (Å²) in [6.45, 7) is 12.2. The van der Waals surface area contributed by atoms with Gasteiger partial charge in [0, 0.05) is 24.3 Å². The van der Waals surface area contributed by atoms with Gasteiger partial charge in [-0.15, -0.1) is 0 Å². The number of hydrogen-bond donors (Lipinski definition) is 1. The van der Waals surface area contributed by atoms with Crippen molar-refractivity contribution in [3.05, 3.63) is 18.2 Å². The Labute approximate surface area is 111 Å². The van der Waals surface area contributed by atoms with E-state index in [0.717, 1.165) is 6.54 Å². The van der Waals surface area contributed by atoms with Gasteiger partial charge in [-0.2, -0.15) is 0 Å². The number of aromatic nitrogens is 2. The predicted molar refractivity (Wildman–Crippen MR) is 75.5 cm³/mol. The molecule has 18 heavy (non-hydrogen) atoms. The minimum absolute atomic E-state index is 0.157. The summed E-state index contributed by atoms with van der Waals surface area (Å²) in [6, 6.07) is 0.638. The summed E-state index contributed by atoms with van der Waals surface area (Å²) in [6.07, 6.45) is 7.88. The van der Waals surface area contributed by atoms with Crippen LogP contribution in [0.5, 0.6) is 0 Å². The number of hydrogen-bond acceptors (Lipinski definition) is 2. The molecule has 1 aromatic heterocycles. The van der Waals surface area contributed by atoms with E-state index in [1.165, 1.54) is 25.0 Å². The number of imidazole rings is 1. The first-order valence-electron chi connectivity index (χ1n) is 7.03. The van der Waals surface area contributed by atoms with Crippen molar-refractivity contribution in [3.8, 4) is 0 Å². The zero-order valence-corrected chi connectivity index (χ0v) is 12.5. The number of nitrogens with one attached hydrogen (secondary N) is 1. The van der Waals surface area contributed by atoms with Gasteiger partial charge in [-0.25, -0.2) is 4.98 Å². The molecule has 0 aromatic carbocycles. The van der Waals surface area contributed by atoms with Crippen LogP contribution in [0.15, 0.2) is 12.5 Å². The maximum atomic E-state index is 4.34. The van der Waals surface area contributed by atoms with Crippen LogP contribution < -0.4 is 5.32 Å². The first-order chi connectivity index (χ1) is 8.27. The van der Waals surface area contributed by atoms with Crippen molar-refractivity contribution in [1.29, 1.82) is 0 Å². The van der Waals surface area contributed by atoms with E-state index in [0.29, 0.717) is 11.5 Å². The lowest BCUT2D eigenvalue weighted by Gasteiger charge is -2.23. The van der Waals surface area contributed by atoms with Gasteiger partial charge in [-0.1, -0.05) is 13.8 Å². The number of rotatable bonds is 3. The van der Waals surface area contributed by atoms with Crippen molar-refractivity contribution in [2.45, 2.75) is 72.0 Å². The Morgan fingerprint density at radius 1 is 1.44 bits per heavy atom. The zero-order valence-electron chi connectivity index (χ0n) is 12.5. The van der Waals surface area contributed by atoms with Gasteiger partial charge in [0.05, 0.1) is 12.0 Å². The van der Waals surface area contributed by atoms with E-state index in [-0.39, 0.29) is 5.54 Å². The van der Waals surface area contributed by atoms with Gasteiger partial charge in [-0.05, 0) is 45.4 Å². The third-order valence-corrected chi connectivity index (χ3v) is 3.88. The Kier molecular flexibility index (Phi) is 3.54. The molecular weight excluding hydrogens is 222 g/mol. The second kappa shape index (κ2) is 4.69. The van der Waals surface area contributed by atoms with Crippen LogP contribution in [0.1, 0.15) is 65.6 Å². The highest BCUT2D eigenvalue weighted by Gasteiger charge is 2.32. The molecule has 1 unspecified atom stereocenters. The van der Waals surface area contributed by atoms with Crippen molar-refractivity contribution in [2.75, 3.05) is 0 Å². The fourth-order valence-corrected chi connectivity index (χ4v) is 2.79. The molecule has 3 heteroatoms. The minimum atomic E-state index is 0.157. The van der Waals surface area contributed by atoms with E-state index in [9.17, 15) is 0 Å². The van der Waals surface area contributed by atoms with Gasteiger partial charge in [0.1, 0.15) is 0 Å². The Balaban J connectivity index is 2.04. The molecule has 1 heterocycles. The Morgan fingerprint density at radius 2 is 2.17 bits per heavy atom. The van der Waals surface area contributed by atoms with Crippen LogP contribution in [0.25, 0.3) is 0 Å². The van der Waals surface area contributed by atoms with Crippen LogP contribution >= 0.6 is 0 Å². The van der Waals surface area contributed by atoms with Gasteiger partial charge >= 0.3 is 0 Å². The fraction of sp³-hybridized carbons (Fsp3) is 0.800. The highest BCUT2D eigenvalue weighted by Crippen LogP contribution is 2.43. The Morgan fingerprint density at radius 3 is 2.72 bits per heavy atom. The lowest BCUT2D eigenvalue weighted by molar-refractivity contribution is 0.352. The second-order valence-electron chi connectivity index (χ2n) is 7.46. The lowest BCUT2D eigenvalue weighted by Crippen LogP contribution is -2.35. The third kappa shape index (κ3) is 3.35. The monoisotopic (exact) mass is 249 g/mol. The van der Waals surface area contributed by atoms with E-state index < -0.39 is 0 Å². The highest BCUT2D eigenvalue weighted by atomic mass is 15.1. The van der Waals surface area contributed by atoms with Gasteiger partial charge in [0.25, 0.3) is 0 Å². The van der Waals surface area contributed by atoms with E-state index >= 15 is 0 Å². The van der Waals surface area contributed by atoms with E-state index in [4.69, 9.17) is 0 Å². The molecule has 0 aliphatic heterocycles. The summed E-state index contributed by atoms with van der Waals surface area (Å²) in [5.74, 6) is 0. The van der Waals surface area contributed by atoms with Crippen molar-refractivity contribution in [1.82, 2.24) is 14.9 Å². The van der Waals surface area contributed by atoms with Crippen LogP contribution in [0, 0.1) is 5.41 Å². The van der Waals surface area contributed by atoms with Gasteiger partial charge in [-0.3, -0.25) is 0 Å². The molecule has 3 nitrogen and oxygen atoms in total. The second-order valence-corrected chi connectivity index (χ2v) is 7.46. The highest BCUT2D eigenvalue weighted by molar-refractivity contribution is 5.03. The molecule has 1 aromatic rings. The molecule has 1 N–H and O–H groups in total. The summed E-state index contributed by atoms with van der Waals surface area (Å²) in [5, 5.41) is 3.55. The molecule has 1 fully saturated rings. The summed E-state index contributed by atoms with van der Waals surface area (Å²) in [7, 11) is 0. The minimum Gasteiger partial charge on any atom is -0.330 e. The van der Waals surface area contributed by atoms with Crippen molar-refractivity contribution < 1.29 is 0 Å².